The second kappa shape index (κ2) is 8.47. The number of ether oxygens (including phenoxy) is 3. The van der Waals surface area contributed by atoms with Crippen LogP contribution in [-0.2, 0) is 11.3 Å². The van der Waals surface area contributed by atoms with Gasteiger partial charge >= 0.3 is 12.1 Å². The van der Waals surface area contributed by atoms with Gasteiger partial charge in [0.15, 0.2) is 12.3 Å². The van der Waals surface area contributed by atoms with Crippen molar-refractivity contribution in [2.75, 3.05) is 20.3 Å². The fourth-order valence-electron chi connectivity index (χ4n) is 2.26. The summed E-state index contributed by atoms with van der Waals surface area (Å²) in [6, 6.07) is 1.20. The Hall–Kier alpha value is -2.49. The van der Waals surface area contributed by atoms with Crippen molar-refractivity contribution < 1.29 is 32.2 Å². The van der Waals surface area contributed by atoms with Gasteiger partial charge in [0, 0.05) is 18.8 Å². The molecule has 27 heavy (non-hydrogen) atoms. The normalized spacial score (nSPS) is 11.4. The van der Waals surface area contributed by atoms with Crippen molar-refractivity contribution in [3.63, 3.8) is 0 Å². The van der Waals surface area contributed by atoms with Crippen molar-refractivity contribution >= 4 is 17.6 Å². The first-order chi connectivity index (χ1) is 12.7. The van der Waals surface area contributed by atoms with E-state index in [1.165, 1.54) is 24.1 Å². The standard InChI is InChI=1S/C16H17ClF3N3O4/c1-4-23-14(12(17)13(22-23)15(24)26-5-2)9-7-21-11(6-10(9)25-3)27-8-16(18,19)20/h6-7H,4-5,8H2,1-3H3. The number of pyridine rings is 1. The zero-order valence-electron chi connectivity index (χ0n) is 14.8. The first kappa shape index (κ1) is 20.8. The maximum absolute atomic E-state index is 12.3. The van der Waals surface area contributed by atoms with Crippen LogP contribution in [0.15, 0.2) is 12.3 Å². The number of rotatable bonds is 7. The first-order valence-electron chi connectivity index (χ1n) is 7.89. The Balaban J connectivity index is 2.46. The van der Waals surface area contributed by atoms with Crippen LogP contribution in [0.25, 0.3) is 11.3 Å². The molecular weight excluding hydrogens is 391 g/mol. The largest absolute Gasteiger partial charge is 0.496 e. The van der Waals surface area contributed by atoms with E-state index in [-0.39, 0.29) is 29.0 Å². The quantitative estimate of drug-likeness (QED) is 0.651. The fraction of sp³-hybridized carbons (Fsp3) is 0.438. The summed E-state index contributed by atoms with van der Waals surface area (Å²) in [5, 5.41) is 4.16. The monoisotopic (exact) mass is 407 g/mol. The molecule has 2 aromatic heterocycles. The van der Waals surface area contributed by atoms with E-state index in [1.54, 1.807) is 13.8 Å². The second-order valence-electron chi connectivity index (χ2n) is 5.17. The number of carbonyl (C=O) groups excluding carboxylic acids is 1. The lowest BCUT2D eigenvalue weighted by atomic mass is 10.1. The van der Waals surface area contributed by atoms with Gasteiger partial charge in [-0.25, -0.2) is 9.78 Å². The molecule has 11 heteroatoms. The zero-order valence-corrected chi connectivity index (χ0v) is 15.5. The number of halogens is 4. The van der Waals surface area contributed by atoms with E-state index in [2.05, 4.69) is 14.8 Å². The zero-order chi connectivity index (χ0) is 20.2. The van der Waals surface area contributed by atoms with Gasteiger partial charge in [-0.3, -0.25) is 4.68 Å². The number of esters is 1. The molecule has 7 nitrogen and oxygen atoms in total. The van der Waals surface area contributed by atoms with Crippen molar-refractivity contribution in [1.29, 1.82) is 0 Å². The van der Waals surface area contributed by atoms with Crippen LogP contribution in [0.4, 0.5) is 13.2 Å². The van der Waals surface area contributed by atoms with Gasteiger partial charge in [-0.15, -0.1) is 0 Å². The van der Waals surface area contributed by atoms with Crippen LogP contribution in [0, 0.1) is 0 Å². The van der Waals surface area contributed by atoms with Crippen molar-refractivity contribution in [3.8, 4) is 22.9 Å². The van der Waals surface area contributed by atoms with Crippen molar-refractivity contribution in [2.24, 2.45) is 0 Å². The Morgan fingerprint density at radius 1 is 1.33 bits per heavy atom. The smallest absolute Gasteiger partial charge is 0.422 e. The highest BCUT2D eigenvalue weighted by Crippen LogP contribution is 2.38. The Kier molecular flexibility index (Phi) is 6.53. The van der Waals surface area contributed by atoms with E-state index in [1.807, 2.05) is 0 Å². The summed E-state index contributed by atoms with van der Waals surface area (Å²) >= 11 is 6.32. The molecule has 0 N–H and O–H groups in total. The van der Waals surface area contributed by atoms with Crippen molar-refractivity contribution in [3.05, 3.63) is 23.0 Å². The molecule has 0 saturated carbocycles. The minimum atomic E-state index is -4.49. The molecule has 2 aromatic rings. The Labute approximate surface area is 158 Å². The Bertz CT molecular complexity index is 824. The summed E-state index contributed by atoms with van der Waals surface area (Å²) in [5.74, 6) is -0.792. The van der Waals surface area contributed by atoms with Crippen LogP contribution in [0.5, 0.6) is 11.6 Å². The fourth-order valence-corrected chi connectivity index (χ4v) is 2.57. The molecule has 0 aliphatic carbocycles. The molecule has 0 spiro atoms. The molecule has 2 rings (SSSR count). The number of aryl methyl sites for hydroxylation is 1. The van der Waals surface area contributed by atoms with Crippen LogP contribution in [-0.4, -0.2) is 47.2 Å². The predicted molar refractivity (Wildman–Crippen MR) is 90.2 cm³/mol. The summed E-state index contributed by atoms with van der Waals surface area (Å²) in [6.07, 6.45) is -3.25. The number of nitrogens with zero attached hydrogens (tertiary/aromatic N) is 3. The SMILES string of the molecule is CCOC(=O)c1nn(CC)c(-c2cnc(OCC(F)(F)F)cc2OC)c1Cl. The molecule has 0 bridgehead atoms. The molecule has 2 heterocycles. The number of methoxy groups -OCH3 is 1. The molecule has 148 valence electrons. The van der Waals surface area contributed by atoms with Gasteiger partial charge in [0.2, 0.25) is 5.88 Å². The van der Waals surface area contributed by atoms with Gasteiger partial charge in [0.25, 0.3) is 0 Å². The molecule has 0 amide bonds. The van der Waals surface area contributed by atoms with E-state index >= 15 is 0 Å². The van der Waals surface area contributed by atoms with Gasteiger partial charge in [-0.2, -0.15) is 18.3 Å². The van der Waals surface area contributed by atoms with Crippen molar-refractivity contribution in [1.82, 2.24) is 14.8 Å². The van der Waals surface area contributed by atoms with E-state index in [0.29, 0.717) is 17.8 Å². The minimum absolute atomic E-state index is 0.0272. The van der Waals surface area contributed by atoms with Gasteiger partial charge in [0.1, 0.15) is 10.8 Å². The molecule has 0 atom stereocenters. The Morgan fingerprint density at radius 3 is 2.59 bits per heavy atom. The molecule has 0 aromatic carbocycles. The lowest BCUT2D eigenvalue weighted by Crippen LogP contribution is -2.19. The highest BCUT2D eigenvalue weighted by molar-refractivity contribution is 6.35. The third-order valence-electron chi connectivity index (χ3n) is 3.36. The Morgan fingerprint density at radius 2 is 2.04 bits per heavy atom. The maximum atomic E-state index is 12.3. The average Bonchev–Trinajstić information content (AvgIpc) is 2.95. The molecule has 0 aliphatic heterocycles. The van der Waals surface area contributed by atoms with Crippen LogP contribution in [0.2, 0.25) is 5.02 Å². The summed E-state index contributed by atoms with van der Waals surface area (Å²) < 4.78 is 53.1. The van der Waals surface area contributed by atoms with Gasteiger partial charge < -0.3 is 14.2 Å². The minimum Gasteiger partial charge on any atom is -0.496 e. The maximum Gasteiger partial charge on any atom is 0.422 e. The highest BCUT2D eigenvalue weighted by atomic mass is 35.5. The summed E-state index contributed by atoms with van der Waals surface area (Å²) in [6.45, 7) is 2.46. The molecule has 0 aliphatic rings. The summed E-state index contributed by atoms with van der Waals surface area (Å²) in [7, 11) is 1.33. The van der Waals surface area contributed by atoms with Crippen LogP contribution < -0.4 is 9.47 Å². The van der Waals surface area contributed by atoms with Crippen LogP contribution in [0.3, 0.4) is 0 Å². The predicted octanol–water partition coefficient (Wildman–Crippen LogP) is 3.74. The molecular formula is C16H17ClF3N3O4. The topological polar surface area (TPSA) is 75.5 Å². The van der Waals surface area contributed by atoms with Crippen LogP contribution in [0.1, 0.15) is 24.3 Å². The number of alkyl halides is 3. The molecule has 0 unspecified atom stereocenters. The van der Waals surface area contributed by atoms with E-state index in [0.717, 1.165) is 0 Å². The van der Waals surface area contributed by atoms with E-state index in [9.17, 15) is 18.0 Å². The van der Waals surface area contributed by atoms with Gasteiger partial charge in [-0.05, 0) is 13.8 Å². The summed E-state index contributed by atoms with van der Waals surface area (Å²) in [5.41, 5.74) is 0.593. The molecule has 0 saturated heterocycles. The van der Waals surface area contributed by atoms with E-state index < -0.39 is 18.8 Å². The lowest BCUT2D eigenvalue weighted by molar-refractivity contribution is -0.154. The number of hydrogen-bond acceptors (Lipinski definition) is 6. The number of aromatic nitrogens is 3. The third kappa shape index (κ3) is 4.82. The first-order valence-corrected chi connectivity index (χ1v) is 8.27. The highest BCUT2D eigenvalue weighted by Gasteiger charge is 2.29. The average molecular weight is 408 g/mol. The third-order valence-corrected chi connectivity index (χ3v) is 3.72. The molecule has 0 radical (unpaired) electrons. The van der Waals surface area contributed by atoms with Gasteiger partial charge in [-0.1, -0.05) is 11.6 Å². The van der Waals surface area contributed by atoms with Gasteiger partial charge in [0.05, 0.1) is 25.0 Å². The van der Waals surface area contributed by atoms with Crippen molar-refractivity contribution in [2.45, 2.75) is 26.6 Å². The van der Waals surface area contributed by atoms with E-state index in [4.69, 9.17) is 21.1 Å². The summed E-state index contributed by atoms with van der Waals surface area (Å²) in [4.78, 5) is 15.9. The number of hydrogen-bond donors (Lipinski definition) is 0. The second-order valence-corrected chi connectivity index (χ2v) is 5.55. The number of carbonyl (C=O) groups is 1. The molecule has 0 fully saturated rings. The van der Waals surface area contributed by atoms with Crippen LogP contribution >= 0.6 is 11.6 Å². The lowest BCUT2D eigenvalue weighted by Gasteiger charge is -2.13.